The largest absolute Gasteiger partial charge is 0.342 e. The number of hydrogen-bond acceptors (Lipinski definition) is 5. The first-order valence-corrected chi connectivity index (χ1v) is 11.9. The molecule has 3 aromatic heterocycles. The molecule has 3 N–H and O–H groups in total. The van der Waals surface area contributed by atoms with Gasteiger partial charge in [-0.2, -0.15) is 0 Å². The lowest BCUT2D eigenvalue weighted by Crippen LogP contribution is -2.27. The Morgan fingerprint density at radius 2 is 2.16 bits per heavy atom. The Balaban J connectivity index is 1.55. The van der Waals surface area contributed by atoms with E-state index in [4.69, 9.17) is 27.3 Å². The molecule has 0 aliphatic heterocycles. The Hall–Kier alpha value is -2.57. The molecule has 2 unspecified atom stereocenters. The predicted octanol–water partition coefficient (Wildman–Crippen LogP) is 4.67. The first kappa shape index (κ1) is 21.3. The molecule has 6 nitrogen and oxygen atoms in total. The second kappa shape index (κ2) is 8.75. The lowest BCUT2D eigenvalue weighted by Gasteiger charge is -2.27. The van der Waals surface area contributed by atoms with E-state index in [2.05, 4.69) is 23.0 Å². The van der Waals surface area contributed by atoms with Crippen LogP contribution in [0.1, 0.15) is 79.0 Å². The van der Waals surface area contributed by atoms with Gasteiger partial charge in [0.1, 0.15) is 17.3 Å². The van der Waals surface area contributed by atoms with Crippen LogP contribution in [0.15, 0.2) is 18.3 Å². The number of nitrogens with one attached hydrogen (secondary N) is 1. The lowest BCUT2D eigenvalue weighted by molar-refractivity contribution is -0.117. The maximum atomic E-state index is 12.0. The van der Waals surface area contributed by atoms with Crippen molar-refractivity contribution < 1.29 is 4.79 Å². The summed E-state index contributed by atoms with van der Waals surface area (Å²) in [6.07, 6.45) is 12.1. The van der Waals surface area contributed by atoms with Gasteiger partial charge >= 0.3 is 0 Å². The molecule has 7 heteroatoms. The van der Waals surface area contributed by atoms with Crippen LogP contribution in [0.4, 0.5) is 0 Å². The summed E-state index contributed by atoms with van der Waals surface area (Å²) in [7, 11) is 0. The summed E-state index contributed by atoms with van der Waals surface area (Å²) >= 11 is 6.75. The number of pyridine rings is 1. The maximum Gasteiger partial charge on any atom is 0.143 e. The molecule has 0 saturated heterocycles. The van der Waals surface area contributed by atoms with Crippen molar-refractivity contribution in [3.63, 3.8) is 0 Å². The highest BCUT2D eigenvalue weighted by molar-refractivity contribution is 6.36. The quantitative estimate of drug-likeness (QED) is 0.603. The molecule has 5 rings (SSSR count). The number of H-pyrrole nitrogens is 1. The van der Waals surface area contributed by atoms with Crippen LogP contribution in [-0.4, -0.2) is 31.8 Å². The highest BCUT2D eigenvalue weighted by Crippen LogP contribution is 2.38. The number of nitrogens with zero attached hydrogens (tertiary/aromatic N) is 3. The van der Waals surface area contributed by atoms with Crippen molar-refractivity contribution >= 4 is 34.5 Å². The number of aromatic nitrogens is 4. The number of aromatic amines is 1. The fourth-order valence-electron chi connectivity index (χ4n) is 5.00. The third kappa shape index (κ3) is 4.09. The summed E-state index contributed by atoms with van der Waals surface area (Å²) in [4.78, 5) is 29.9. The van der Waals surface area contributed by atoms with E-state index in [1.54, 1.807) is 0 Å². The molecule has 2 atom stereocenters. The van der Waals surface area contributed by atoms with Gasteiger partial charge in [-0.1, -0.05) is 37.1 Å². The van der Waals surface area contributed by atoms with Crippen LogP contribution in [0.25, 0.3) is 17.1 Å². The molecule has 0 spiro atoms. The summed E-state index contributed by atoms with van der Waals surface area (Å²) in [5, 5.41) is 1.68. The number of nitrogens with two attached hydrogens (primary N) is 1. The molecule has 0 amide bonds. The van der Waals surface area contributed by atoms with Crippen LogP contribution in [-0.2, 0) is 24.1 Å². The smallest absolute Gasteiger partial charge is 0.143 e. The molecule has 32 heavy (non-hydrogen) atoms. The standard InChI is InChI=1S/C25H28ClN5O/c1-2-19-23(26)22-24(15-5-3-6-17(27)11-15)30-21(31-25(22)29-19)10-14-9-16-12-18(32)7-4-8-20(16)28-13-14/h4,8-9,13,15,17H,2-3,5-7,10-12,27H2,1H3,(H,29,30,31). The normalized spacial score (nSPS) is 21.0. The molecule has 2 aliphatic rings. The lowest BCUT2D eigenvalue weighted by atomic mass is 9.83. The number of fused-ring (bicyclic) bond motifs is 2. The van der Waals surface area contributed by atoms with Crippen LogP contribution >= 0.6 is 11.6 Å². The second-order valence-corrected chi connectivity index (χ2v) is 9.41. The summed E-state index contributed by atoms with van der Waals surface area (Å²) in [5.41, 5.74) is 12.0. The van der Waals surface area contributed by atoms with Crippen molar-refractivity contribution in [3.8, 4) is 0 Å². The molecular weight excluding hydrogens is 422 g/mol. The number of halogens is 1. The summed E-state index contributed by atoms with van der Waals surface area (Å²) in [6.45, 7) is 2.08. The number of Topliss-reactive ketones (excluding diaryl/α,β-unsaturated/α-hetero) is 1. The van der Waals surface area contributed by atoms with Crippen LogP contribution in [0, 0.1) is 0 Å². The van der Waals surface area contributed by atoms with E-state index >= 15 is 0 Å². The molecule has 0 aromatic carbocycles. The highest BCUT2D eigenvalue weighted by Gasteiger charge is 2.27. The van der Waals surface area contributed by atoms with Gasteiger partial charge in [-0.05, 0) is 42.9 Å². The number of allylic oxidation sites excluding steroid dienone is 1. The number of carbonyl (C=O) groups excluding carboxylic acids is 1. The van der Waals surface area contributed by atoms with Gasteiger partial charge in [0.15, 0.2) is 0 Å². The minimum atomic E-state index is 0.199. The number of carbonyl (C=O) groups is 1. The van der Waals surface area contributed by atoms with E-state index in [1.165, 1.54) is 0 Å². The van der Waals surface area contributed by atoms with Crippen molar-refractivity contribution in [2.24, 2.45) is 5.73 Å². The Labute approximate surface area is 192 Å². The minimum Gasteiger partial charge on any atom is -0.342 e. The van der Waals surface area contributed by atoms with Gasteiger partial charge in [-0.3, -0.25) is 9.78 Å². The van der Waals surface area contributed by atoms with Crippen molar-refractivity contribution in [1.29, 1.82) is 0 Å². The topological polar surface area (TPSA) is 97.5 Å². The van der Waals surface area contributed by atoms with E-state index in [-0.39, 0.29) is 17.7 Å². The van der Waals surface area contributed by atoms with Gasteiger partial charge < -0.3 is 10.7 Å². The first-order chi connectivity index (χ1) is 15.5. The maximum absolute atomic E-state index is 12.0. The van der Waals surface area contributed by atoms with Gasteiger partial charge in [0.2, 0.25) is 0 Å². The average molecular weight is 450 g/mol. The van der Waals surface area contributed by atoms with Crippen molar-refractivity contribution in [2.75, 3.05) is 0 Å². The average Bonchev–Trinajstić information content (AvgIpc) is 2.97. The predicted molar refractivity (Wildman–Crippen MR) is 127 cm³/mol. The van der Waals surface area contributed by atoms with Crippen molar-refractivity contribution in [1.82, 2.24) is 19.9 Å². The van der Waals surface area contributed by atoms with Crippen LogP contribution in [0.5, 0.6) is 0 Å². The van der Waals surface area contributed by atoms with E-state index in [0.717, 1.165) is 82.2 Å². The molecule has 2 aliphatic carbocycles. The Morgan fingerprint density at radius 3 is 2.97 bits per heavy atom. The van der Waals surface area contributed by atoms with Crippen LogP contribution in [0.2, 0.25) is 5.02 Å². The molecule has 3 aromatic rings. The van der Waals surface area contributed by atoms with E-state index in [1.807, 2.05) is 18.3 Å². The summed E-state index contributed by atoms with van der Waals surface area (Å²) in [6, 6.07) is 2.27. The molecule has 1 fully saturated rings. The van der Waals surface area contributed by atoms with E-state index in [9.17, 15) is 4.79 Å². The Morgan fingerprint density at radius 1 is 1.28 bits per heavy atom. The monoisotopic (exact) mass is 449 g/mol. The minimum absolute atomic E-state index is 0.199. The number of ketones is 1. The van der Waals surface area contributed by atoms with Crippen LogP contribution < -0.4 is 5.73 Å². The third-order valence-electron chi connectivity index (χ3n) is 6.62. The molecular formula is C25H28ClN5O. The van der Waals surface area contributed by atoms with Crippen LogP contribution in [0.3, 0.4) is 0 Å². The van der Waals surface area contributed by atoms with Gasteiger partial charge in [-0.25, -0.2) is 9.97 Å². The fourth-order valence-corrected chi connectivity index (χ4v) is 5.37. The molecule has 0 radical (unpaired) electrons. The number of aryl methyl sites for hydroxylation is 1. The van der Waals surface area contributed by atoms with Gasteiger partial charge in [-0.15, -0.1) is 0 Å². The van der Waals surface area contributed by atoms with Gasteiger partial charge in [0.25, 0.3) is 0 Å². The van der Waals surface area contributed by atoms with Crippen molar-refractivity contribution in [2.45, 2.75) is 70.3 Å². The molecule has 1 saturated carbocycles. The fraction of sp³-hybridized carbons (Fsp3) is 0.440. The zero-order valence-electron chi connectivity index (χ0n) is 18.3. The molecule has 3 heterocycles. The highest BCUT2D eigenvalue weighted by atomic mass is 35.5. The third-order valence-corrected chi connectivity index (χ3v) is 7.04. The molecule has 166 valence electrons. The number of rotatable bonds is 4. The number of hydrogen-bond donors (Lipinski definition) is 2. The summed E-state index contributed by atoms with van der Waals surface area (Å²) < 4.78 is 0. The van der Waals surface area contributed by atoms with E-state index < -0.39 is 0 Å². The van der Waals surface area contributed by atoms with Gasteiger partial charge in [0, 0.05) is 43.1 Å². The van der Waals surface area contributed by atoms with Crippen molar-refractivity contribution in [3.05, 3.63) is 57.4 Å². The molecule has 0 bridgehead atoms. The first-order valence-electron chi connectivity index (χ1n) is 11.5. The zero-order valence-corrected chi connectivity index (χ0v) is 19.1. The summed E-state index contributed by atoms with van der Waals surface area (Å²) in [5.74, 6) is 1.24. The van der Waals surface area contributed by atoms with E-state index in [0.29, 0.717) is 19.3 Å². The zero-order chi connectivity index (χ0) is 22.2. The van der Waals surface area contributed by atoms with Gasteiger partial charge in [0.05, 0.1) is 21.8 Å². The Kier molecular flexibility index (Phi) is 5.82. The Bertz CT molecular complexity index is 1210. The second-order valence-electron chi connectivity index (χ2n) is 9.03. The SMILES string of the molecule is CCc1[nH]c2nc(Cc3cnc4c(c3)CC(=O)CC=C4)nc(C3CCCC(N)C3)c2c1Cl.